The third-order valence-electron chi connectivity index (χ3n) is 1.03. The van der Waals surface area contributed by atoms with Crippen LogP contribution in [0, 0.1) is 0 Å². The van der Waals surface area contributed by atoms with Crippen molar-refractivity contribution in [3.63, 3.8) is 0 Å². The summed E-state index contributed by atoms with van der Waals surface area (Å²) in [4.78, 5) is 13.3. The van der Waals surface area contributed by atoms with E-state index in [1.807, 2.05) is 0 Å². The summed E-state index contributed by atoms with van der Waals surface area (Å²) >= 11 is 0. The van der Waals surface area contributed by atoms with Crippen LogP contribution < -0.4 is 4.98 Å². The molecule has 0 aliphatic heterocycles. The lowest BCUT2D eigenvalue weighted by Crippen LogP contribution is -2.42. The number of carbonyl (C=O) groups is 1. The molecule has 0 heterocycles. The van der Waals surface area contributed by atoms with Crippen molar-refractivity contribution >= 4 is 15.4 Å². The van der Waals surface area contributed by atoms with Gasteiger partial charge in [-0.05, 0) is 0 Å². The van der Waals surface area contributed by atoms with Crippen LogP contribution in [0.1, 0.15) is 13.3 Å². The molecule has 1 N–H and O–H groups in total. The van der Waals surface area contributed by atoms with Gasteiger partial charge in [-0.2, -0.15) is 0 Å². The Balaban J connectivity index is 3.52. The lowest BCUT2D eigenvalue weighted by molar-refractivity contribution is -0.119. The molecule has 0 saturated heterocycles. The van der Waals surface area contributed by atoms with Crippen LogP contribution in [-0.4, -0.2) is 29.6 Å². The van der Waals surface area contributed by atoms with E-state index in [0.717, 1.165) is 0 Å². The fraction of sp³-hybridized carbons (Fsp3) is 0.800. The van der Waals surface area contributed by atoms with Gasteiger partial charge in [-0.25, -0.2) is 0 Å². The topological polar surface area (TPSA) is 47.6 Å². The first-order chi connectivity index (χ1) is 4.74. The zero-order chi connectivity index (χ0) is 7.98. The average Bonchev–Trinajstić information content (AvgIpc) is 1.99. The quantitative estimate of drug-likeness (QED) is 0.570. The van der Waals surface area contributed by atoms with Crippen LogP contribution in [-0.2, 0) is 13.6 Å². The van der Waals surface area contributed by atoms with Crippen molar-refractivity contribution in [1.82, 2.24) is 4.98 Å². The van der Waals surface area contributed by atoms with Crippen LogP contribution in [0.15, 0.2) is 0 Å². The summed E-state index contributed by atoms with van der Waals surface area (Å²) in [6.45, 7) is 1.78. The molecule has 60 valence electrons. The Morgan fingerprint density at radius 1 is 1.50 bits per heavy atom. The van der Waals surface area contributed by atoms with E-state index in [4.69, 9.17) is 8.85 Å². The lowest BCUT2D eigenvalue weighted by Gasteiger charge is -2.10. The minimum absolute atomic E-state index is 0.0274. The van der Waals surface area contributed by atoms with Gasteiger partial charge in [0.2, 0.25) is 5.91 Å². The van der Waals surface area contributed by atoms with Crippen molar-refractivity contribution in [3.05, 3.63) is 0 Å². The summed E-state index contributed by atoms with van der Waals surface area (Å²) in [5, 5.41) is 0. The molecule has 10 heavy (non-hydrogen) atoms. The third-order valence-corrected chi connectivity index (χ3v) is 2.44. The summed E-state index contributed by atoms with van der Waals surface area (Å²) in [5.74, 6) is -0.0274. The minimum atomic E-state index is -1.87. The van der Waals surface area contributed by atoms with Crippen LogP contribution in [0.5, 0.6) is 0 Å². The van der Waals surface area contributed by atoms with Crippen molar-refractivity contribution in [2.24, 2.45) is 0 Å². The van der Waals surface area contributed by atoms with Crippen molar-refractivity contribution in [2.45, 2.75) is 13.3 Å². The molecule has 0 unspecified atom stereocenters. The molecule has 4 nitrogen and oxygen atoms in total. The van der Waals surface area contributed by atoms with Gasteiger partial charge in [0, 0.05) is 20.6 Å². The third kappa shape index (κ3) is 3.60. The molecule has 0 aliphatic rings. The van der Waals surface area contributed by atoms with E-state index in [0.29, 0.717) is 6.42 Å². The van der Waals surface area contributed by atoms with E-state index >= 15 is 0 Å². The Morgan fingerprint density at radius 3 is 2.30 bits per heavy atom. The fourth-order valence-electron chi connectivity index (χ4n) is 0.448. The molecule has 0 rings (SSSR count). The standard InChI is InChI=1S/C5H13NO3Si/c1-4-5(7)6-10(8-2)9-3/h10H,4H2,1-3H3,(H,6,7). The van der Waals surface area contributed by atoms with E-state index in [2.05, 4.69) is 4.98 Å². The van der Waals surface area contributed by atoms with Crippen LogP contribution in [0.25, 0.3) is 0 Å². The minimum Gasteiger partial charge on any atom is -0.384 e. The van der Waals surface area contributed by atoms with Gasteiger partial charge in [0.1, 0.15) is 0 Å². The molecule has 0 spiro atoms. The first-order valence-electron chi connectivity index (χ1n) is 3.09. The Hall–Kier alpha value is -0.393. The molecule has 0 aliphatic carbocycles. The average molecular weight is 163 g/mol. The predicted octanol–water partition coefficient (Wildman–Crippen LogP) is -0.477. The normalized spacial score (nSPS) is 10.0. The maximum absolute atomic E-state index is 10.7. The molecule has 0 aromatic carbocycles. The molecule has 5 heteroatoms. The molecule has 0 atom stereocenters. The Kier molecular flexibility index (Phi) is 5.18. The maximum atomic E-state index is 10.7. The molecule has 0 fully saturated rings. The molecule has 0 aromatic rings. The van der Waals surface area contributed by atoms with Gasteiger partial charge >= 0.3 is 9.45 Å². The predicted molar refractivity (Wildman–Crippen MR) is 39.6 cm³/mol. The van der Waals surface area contributed by atoms with E-state index in [1.54, 1.807) is 6.92 Å². The lowest BCUT2D eigenvalue weighted by atomic mass is 10.5. The maximum Gasteiger partial charge on any atom is 0.441 e. The molecule has 0 radical (unpaired) electrons. The highest BCUT2D eigenvalue weighted by molar-refractivity contribution is 6.45. The van der Waals surface area contributed by atoms with Gasteiger partial charge in [-0.3, -0.25) is 4.79 Å². The second-order valence-corrected chi connectivity index (χ2v) is 3.62. The van der Waals surface area contributed by atoms with Crippen molar-refractivity contribution in [2.75, 3.05) is 14.2 Å². The number of hydrogen-bond donors (Lipinski definition) is 1. The highest BCUT2D eigenvalue weighted by Crippen LogP contribution is 1.81. The summed E-state index contributed by atoms with van der Waals surface area (Å²) in [6, 6.07) is 0. The van der Waals surface area contributed by atoms with Gasteiger partial charge in [0.25, 0.3) is 0 Å². The van der Waals surface area contributed by atoms with E-state index in [9.17, 15) is 4.79 Å². The first-order valence-corrected chi connectivity index (χ1v) is 4.61. The molecule has 0 saturated carbocycles. The van der Waals surface area contributed by atoms with Crippen LogP contribution >= 0.6 is 0 Å². The van der Waals surface area contributed by atoms with Crippen molar-refractivity contribution in [1.29, 1.82) is 0 Å². The molecule has 1 amide bonds. The zero-order valence-electron chi connectivity index (χ0n) is 6.51. The van der Waals surface area contributed by atoms with Gasteiger partial charge in [-0.15, -0.1) is 0 Å². The van der Waals surface area contributed by atoms with Gasteiger partial charge in [0.15, 0.2) is 0 Å². The first kappa shape index (κ1) is 9.61. The molecular weight excluding hydrogens is 150 g/mol. The summed E-state index contributed by atoms with van der Waals surface area (Å²) in [7, 11) is 1.18. The summed E-state index contributed by atoms with van der Waals surface area (Å²) < 4.78 is 9.71. The van der Waals surface area contributed by atoms with E-state index < -0.39 is 9.45 Å². The number of nitrogens with one attached hydrogen (secondary N) is 1. The van der Waals surface area contributed by atoms with Crippen molar-refractivity contribution < 1.29 is 13.6 Å². The highest BCUT2D eigenvalue weighted by Gasteiger charge is 2.11. The summed E-state index contributed by atoms with van der Waals surface area (Å²) in [5.41, 5.74) is 0. The fourth-order valence-corrected chi connectivity index (χ4v) is 1.34. The van der Waals surface area contributed by atoms with Gasteiger partial charge in [-0.1, -0.05) is 6.92 Å². The van der Waals surface area contributed by atoms with E-state index in [1.165, 1.54) is 14.2 Å². The Labute approximate surface area is 62.4 Å². The largest absolute Gasteiger partial charge is 0.441 e. The van der Waals surface area contributed by atoms with Gasteiger partial charge in [0.05, 0.1) is 0 Å². The Bertz CT molecular complexity index is 105. The Morgan fingerprint density at radius 2 is 2.00 bits per heavy atom. The highest BCUT2D eigenvalue weighted by atomic mass is 28.3. The van der Waals surface area contributed by atoms with Crippen LogP contribution in [0.3, 0.4) is 0 Å². The second-order valence-electron chi connectivity index (χ2n) is 1.72. The molecular formula is C5H13NO3Si. The zero-order valence-corrected chi connectivity index (χ0v) is 7.66. The number of amides is 1. The second kappa shape index (κ2) is 5.40. The van der Waals surface area contributed by atoms with Gasteiger partial charge < -0.3 is 13.8 Å². The monoisotopic (exact) mass is 163 g/mol. The number of rotatable bonds is 4. The molecule has 0 aromatic heterocycles. The smallest absolute Gasteiger partial charge is 0.384 e. The van der Waals surface area contributed by atoms with E-state index in [-0.39, 0.29) is 5.91 Å². The summed E-state index contributed by atoms with van der Waals surface area (Å²) in [6.07, 6.45) is 0.468. The van der Waals surface area contributed by atoms with Crippen LogP contribution in [0.4, 0.5) is 0 Å². The molecule has 0 bridgehead atoms. The van der Waals surface area contributed by atoms with Crippen LogP contribution in [0.2, 0.25) is 0 Å². The number of carbonyl (C=O) groups excluding carboxylic acids is 1. The van der Waals surface area contributed by atoms with Crippen molar-refractivity contribution in [3.8, 4) is 0 Å². The number of hydrogen-bond acceptors (Lipinski definition) is 3. The SMILES string of the molecule is CCC(=O)N[SiH](OC)OC.